The van der Waals surface area contributed by atoms with Gasteiger partial charge < -0.3 is 15.4 Å². The molecule has 0 aromatic heterocycles. The number of anilines is 2. The summed E-state index contributed by atoms with van der Waals surface area (Å²) in [6, 6.07) is 7.57. The Kier molecular flexibility index (Phi) is 4.35. The SMILES string of the molecule is O=C1COc2cc(NC(=O)c3cc(Cl)cc(Cl)c3)c(Cl)cc2N1. The molecule has 118 valence electrons. The molecule has 1 heterocycles. The van der Waals surface area contributed by atoms with Gasteiger partial charge in [0, 0.05) is 21.7 Å². The molecule has 2 amide bonds. The van der Waals surface area contributed by atoms with Gasteiger partial charge in [-0.25, -0.2) is 0 Å². The molecule has 2 aromatic carbocycles. The van der Waals surface area contributed by atoms with Gasteiger partial charge in [0.25, 0.3) is 11.8 Å². The zero-order chi connectivity index (χ0) is 16.6. The molecule has 23 heavy (non-hydrogen) atoms. The van der Waals surface area contributed by atoms with Crippen molar-refractivity contribution in [2.75, 3.05) is 17.2 Å². The molecular weight excluding hydrogens is 363 g/mol. The largest absolute Gasteiger partial charge is 0.482 e. The number of fused-ring (bicyclic) bond motifs is 1. The van der Waals surface area contributed by atoms with Crippen molar-refractivity contribution in [2.45, 2.75) is 0 Å². The lowest BCUT2D eigenvalue weighted by molar-refractivity contribution is -0.118. The molecule has 0 fully saturated rings. The molecule has 0 radical (unpaired) electrons. The molecule has 0 bridgehead atoms. The van der Waals surface area contributed by atoms with Crippen molar-refractivity contribution >= 4 is 58.0 Å². The van der Waals surface area contributed by atoms with Crippen LogP contribution >= 0.6 is 34.8 Å². The minimum atomic E-state index is -0.420. The molecule has 5 nitrogen and oxygen atoms in total. The topological polar surface area (TPSA) is 67.4 Å². The van der Waals surface area contributed by atoms with Crippen LogP contribution in [0.2, 0.25) is 15.1 Å². The zero-order valence-corrected chi connectivity index (χ0v) is 13.7. The summed E-state index contributed by atoms with van der Waals surface area (Å²) < 4.78 is 5.29. The number of benzene rings is 2. The van der Waals surface area contributed by atoms with Crippen LogP contribution in [0, 0.1) is 0 Å². The summed E-state index contributed by atoms with van der Waals surface area (Å²) in [5, 5.41) is 6.26. The van der Waals surface area contributed by atoms with Crippen LogP contribution in [0.25, 0.3) is 0 Å². The zero-order valence-electron chi connectivity index (χ0n) is 11.5. The highest BCUT2D eigenvalue weighted by Gasteiger charge is 2.19. The molecule has 0 aliphatic carbocycles. The first-order valence-corrected chi connectivity index (χ1v) is 7.59. The number of halogens is 3. The Bertz CT molecular complexity index is 804. The van der Waals surface area contributed by atoms with Gasteiger partial charge in [-0.3, -0.25) is 9.59 Å². The van der Waals surface area contributed by atoms with Crippen molar-refractivity contribution < 1.29 is 14.3 Å². The number of hydrogen-bond donors (Lipinski definition) is 2. The smallest absolute Gasteiger partial charge is 0.262 e. The van der Waals surface area contributed by atoms with Crippen molar-refractivity contribution in [1.82, 2.24) is 0 Å². The minimum absolute atomic E-state index is 0.0913. The van der Waals surface area contributed by atoms with Crippen LogP contribution in [0.5, 0.6) is 5.75 Å². The van der Waals surface area contributed by atoms with E-state index < -0.39 is 5.91 Å². The summed E-state index contributed by atoms with van der Waals surface area (Å²) in [4.78, 5) is 23.6. The molecule has 3 rings (SSSR count). The van der Waals surface area contributed by atoms with Crippen LogP contribution in [0.15, 0.2) is 30.3 Å². The fraction of sp³-hybridized carbons (Fsp3) is 0.0667. The minimum Gasteiger partial charge on any atom is -0.482 e. The molecule has 0 unspecified atom stereocenters. The second-order valence-electron chi connectivity index (χ2n) is 4.78. The van der Waals surface area contributed by atoms with E-state index in [-0.39, 0.29) is 17.5 Å². The number of amides is 2. The maximum Gasteiger partial charge on any atom is 0.262 e. The molecule has 0 saturated heterocycles. The normalized spacial score (nSPS) is 12.9. The second kappa shape index (κ2) is 6.28. The fourth-order valence-corrected chi connectivity index (χ4v) is 2.81. The standard InChI is InChI=1S/C15H9Cl3N2O3/c16-8-1-7(2-9(17)3-8)15(22)20-11-5-13-12(4-10(11)18)19-14(21)6-23-13/h1-5H,6H2,(H,19,21)(H,20,22). The van der Waals surface area contributed by atoms with Gasteiger partial charge in [0.2, 0.25) is 0 Å². The van der Waals surface area contributed by atoms with E-state index >= 15 is 0 Å². The number of ether oxygens (including phenoxy) is 1. The van der Waals surface area contributed by atoms with Gasteiger partial charge in [-0.1, -0.05) is 34.8 Å². The first-order chi connectivity index (χ1) is 10.9. The van der Waals surface area contributed by atoms with Crippen molar-refractivity contribution in [3.8, 4) is 5.75 Å². The van der Waals surface area contributed by atoms with Gasteiger partial charge in [0.05, 0.1) is 16.4 Å². The summed E-state index contributed by atoms with van der Waals surface area (Å²) in [6.07, 6.45) is 0. The highest BCUT2D eigenvalue weighted by Crippen LogP contribution is 2.36. The molecule has 0 spiro atoms. The molecule has 2 aromatic rings. The Morgan fingerprint density at radius 1 is 1.09 bits per heavy atom. The molecule has 8 heteroatoms. The van der Waals surface area contributed by atoms with E-state index in [1.165, 1.54) is 24.3 Å². The second-order valence-corrected chi connectivity index (χ2v) is 6.06. The van der Waals surface area contributed by atoms with Crippen molar-refractivity contribution in [3.63, 3.8) is 0 Å². The lowest BCUT2D eigenvalue weighted by Crippen LogP contribution is -2.25. The number of carbonyl (C=O) groups excluding carboxylic acids is 2. The lowest BCUT2D eigenvalue weighted by atomic mass is 10.2. The number of hydrogen-bond acceptors (Lipinski definition) is 3. The molecule has 0 atom stereocenters. The maximum atomic E-state index is 12.3. The Balaban J connectivity index is 1.88. The Hall–Kier alpha value is -1.95. The van der Waals surface area contributed by atoms with E-state index in [9.17, 15) is 9.59 Å². The molecular formula is C15H9Cl3N2O3. The van der Waals surface area contributed by atoms with Crippen LogP contribution in [-0.4, -0.2) is 18.4 Å². The Morgan fingerprint density at radius 2 is 1.78 bits per heavy atom. The first-order valence-electron chi connectivity index (χ1n) is 6.46. The molecule has 2 N–H and O–H groups in total. The van der Waals surface area contributed by atoms with Gasteiger partial charge in [0.15, 0.2) is 6.61 Å². The molecule has 0 saturated carbocycles. The molecule has 1 aliphatic heterocycles. The predicted octanol–water partition coefficient (Wildman–Crippen LogP) is 4.23. The quantitative estimate of drug-likeness (QED) is 0.830. The number of nitrogens with one attached hydrogen (secondary N) is 2. The van der Waals surface area contributed by atoms with Crippen LogP contribution in [0.4, 0.5) is 11.4 Å². The average Bonchev–Trinajstić information content (AvgIpc) is 2.47. The van der Waals surface area contributed by atoms with E-state index in [1.54, 1.807) is 6.07 Å². The lowest BCUT2D eigenvalue weighted by Gasteiger charge is -2.19. The summed E-state index contributed by atoms with van der Waals surface area (Å²) in [7, 11) is 0. The summed E-state index contributed by atoms with van der Waals surface area (Å²) in [5.41, 5.74) is 1.10. The monoisotopic (exact) mass is 370 g/mol. The van der Waals surface area contributed by atoms with E-state index in [2.05, 4.69) is 10.6 Å². The van der Waals surface area contributed by atoms with E-state index in [0.29, 0.717) is 32.7 Å². The van der Waals surface area contributed by atoms with E-state index in [0.717, 1.165) is 0 Å². The maximum absolute atomic E-state index is 12.3. The van der Waals surface area contributed by atoms with Crippen molar-refractivity contribution in [3.05, 3.63) is 51.0 Å². The highest BCUT2D eigenvalue weighted by molar-refractivity contribution is 6.36. The van der Waals surface area contributed by atoms with Gasteiger partial charge in [-0.2, -0.15) is 0 Å². The van der Waals surface area contributed by atoms with Gasteiger partial charge >= 0.3 is 0 Å². The third kappa shape index (κ3) is 3.52. The van der Waals surface area contributed by atoms with E-state index in [1.807, 2.05) is 0 Å². The van der Waals surface area contributed by atoms with Crippen molar-refractivity contribution in [1.29, 1.82) is 0 Å². The van der Waals surface area contributed by atoms with Crippen LogP contribution in [-0.2, 0) is 4.79 Å². The number of rotatable bonds is 2. The van der Waals surface area contributed by atoms with Crippen LogP contribution in [0.3, 0.4) is 0 Å². The summed E-state index contributed by atoms with van der Waals surface area (Å²) in [5.74, 6) is -0.261. The third-order valence-electron chi connectivity index (χ3n) is 3.08. The summed E-state index contributed by atoms with van der Waals surface area (Å²) in [6.45, 7) is -0.0913. The van der Waals surface area contributed by atoms with Crippen LogP contribution in [0.1, 0.15) is 10.4 Å². The van der Waals surface area contributed by atoms with Gasteiger partial charge in [0.1, 0.15) is 5.75 Å². The predicted molar refractivity (Wildman–Crippen MR) is 90.0 cm³/mol. The van der Waals surface area contributed by atoms with Crippen molar-refractivity contribution in [2.24, 2.45) is 0 Å². The molecule has 1 aliphatic rings. The number of carbonyl (C=O) groups is 2. The van der Waals surface area contributed by atoms with Gasteiger partial charge in [-0.05, 0) is 24.3 Å². The van der Waals surface area contributed by atoms with E-state index in [4.69, 9.17) is 39.5 Å². The first kappa shape index (κ1) is 15.9. The Morgan fingerprint density at radius 3 is 2.48 bits per heavy atom. The Labute approximate surface area is 146 Å². The van der Waals surface area contributed by atoms with Crippen LogP contribution < -0.4 is 15.4 Å². The third-order valence-corrected chi connectivity index (χ3v) is 3.82. The summed E-state index contributed by atoms with van der Waals surface area (Å²) >= 11 is 17.9. The average molecular weight is 372 g/mol. The van der Waals surface area contributed by atoms with Gasteiger partial charge in [-0.15, -0.1) is 0 Å². The fourth-order valence-electron chi connectivity index (χ4n) is 2.08. The highest BCUT2D eigenvalue weighted by atomic mass is 35.5.